The van der Waals surface area contributed by atoms with Crippen LogP contribution in [0, 0.1) is 0 Å². The monoisotopic (exact) mass is 194 g/mol. The van der Waals surface area contributed by atoms with E-state index in [0.717, 1.165) is 0 Å². The van der Waals surface area contributed by atoms with Gasteiger partial charge >= 0.3 is 83.2 Å². The van der Waals surface area contributed by atoms with Crippen molar-refractivity contribution in [1.82, 2.24) is 0 Å². The van der Waals surface area contributed by atoms with Crippen molar-refractivity contribution in [2.75, 3.05) is 0 Å². The molecule has 8 heteroatoms. The van der Waals surface area contributed by atoms with E-state index in [2.05, 4.69) is 0 Å². The molecule has 0 bridgehead atoms. The van der Waals surface area contributed by atoms with Crippen LogP contribution in [0.2, 0.25) is 0 Å². The largest absolute Gasteiger partial charge is 2.00 e. The maximum absolute atomic E-state index is 8.58. The minimum absolute atomic E-state index is 0. The van der Waals surface area contributed by atoms with E-state index in [9.17, 15) is 0 Å². The Kier molecular flexibility index (Phi) is 27.3. The van der Waals surface area contributed by atoms with Crippen LogP contribution in [0.4, 0.5) is 0 Å². The fourth-order valence-electron chi connectivity index (χ4n) is 0. The van der Waals surface area contributed by atoms with Crippen molar-refractivity contribution in [1.29, 1.82) is 0 Å². The minimum atomic E-state index is -5.61. The van der Waals surface area contributed by atoms with Gasteiger partial charge in [0.05, 0.1) is 0 Å². The second-order valence-electron chi connectivity index (χ2n) is 0.500. The van der Waals surface area contributed by atoms with Crippen LogP contribution in [-0.2, 0) is 0 Å². The van der Waals surface area contributed by atoms with Crippen LogP contribution >= 0.6 is 0 Å². The third-order valence-corrected chi connectivity index (χ3v) is 0. The maximum atomic E-state index is 8.58. The third-order valence-electron chi connectivity index (χ3n) is 0. The quantitative estimate of drug-likeness (QED) is 0.357. The molecule has 0 aliphatic heterocycles. The molecular formula is Li2O4SiSr. The van der Waals surface area contributed by atoms with E-state index in [1.165, 1.54) is 0 Å². The molecule has 0 saturated heterocycles. The SMILES string of the molecule is [Li+].[Li+].[O-][Si]([O-])([O-])[O-].[Sr+2]. The van der Waals surface area contributed by atoms with Crippen LogP contribution in [0.15, 0.2) is 0 Å². The van der Waals surface area contributed by atoms with Crippen molar-refractivity contribution in [3.05, 3.63) is 0 Å². The predicted molar refractivity (Wildman–Crippen MR) is 11.5 cm³/mol. The first-order chi connectivity index (χ1) is 2.00. The van der Waals surface area contributed by atoms with E-state index in [1.54, 1.807) is 0 Å². The first-order valence-corrected chi connectivity index (χ1v) is 2.45. The molecule has 0 atom stereocenters. The summed E-state index contributed by atoms with van der Waals surface area (Å²) < 4.78 is 0. The van der Waals surface area contributed by atoms with Crippen LogP contribution < -0.4 is 56.9 Å². The van der Waals surface area contributed by atoms with Gasteiger partial charge in [0, 0.05) is 0 Å². The Bertz CT molecular complexity index is 29.5. The molecule has 0 aromatic carbocycles. The summed E-state index contributed by atoms with van der Waals surface area (Å²) in [5, 5.41) is 0. The number of hydrogen-bond acceptors (Lipinski definition) is 4. The van der Waals surface area contributed by atoms with Gasteiger partial charge in [-0.15, -0.1) is 0 Å². The molecule has 32 valence electrons. The van der Waals surface area contributed by atoms with Crippen molar-refractivity contribution >= 4 is 54.5 Å². The summed E-state index contributed by atoms with van der Waals surface area (Å²) in [6.45, 7) is 0. The molecule has 0 saturated carbocycles. The van der Waals surface area contributed by atoms with Crippen molar-refractivity contribution in [2.45, 2.75) is 0 Å². The molecule has 8 heavy (non-hydrogen) atoms. The third kappa shape index (κ3) is 69.9. The Labute approximate surface area is 109 Å². The summed E-state index contributed by atoms with van der Waals surface area (Å²) in [7, 11) is -5.61. The van der Waals surface area contributed by atoms with E-state index in [0.29, 0.717) is 0 Å². The second-order valence-corrected chi connectivity index (χ2v) is 1.50. The Hall–Kier alpha value is 2.73. The van der Waals surface area contributed by atoms with Gasteiger partial charge in [-0.2, -0.15) is 0 Å². The van der Waals surface area contributed by atoms with Crippen molar-refractivity contribution in [3.63, 3.8) is 0 Å². The average molecular weight is 194 g/mol. The molecule has 0 fully saturated rings. The standard InChI is InChI=1S/2Li.O4Si.Sr/c;;1-5(2,3)4;/q2*+1;-4;+2. The fourth-order valence-corrected chi connectivity index (χ4v) is 0. The van der Waals surface area contributed by atoms with E-state index in [1.807, 2.05) is 0 Å². The minimum Gasteiger partial charge on any atom is -0.894 e. The van der Waals surface area contributed by atoms with Gasteiger partial charge in [0.15, 0.2) is 0 Å². The van der Waals surface area contributed by atoms with Gasteiger partial charge in [0.1, 0.15) is 0 Å². The van der Waals surface area contributed by atoms with E-state index >= 15 is 0 Å². The van der Waals surface area contributed by atoms with Gasteiger partial charge in [-0.3, -0.25) is 0 Å². The zero-order valence-electron chi connectivity index (χ0n) is 4.84. The molecule has 0 aliphatic carbocycles. The van der Waals surface area contributed by atoms with Crippen LogP contribution in [0.3, 0.4) is 0 Å². The van der Waals surface area contributed by atoms with Gasteiger partial charge in [0.2, 0.25) is 0 Å². The van der Waals surface area contributed by atoms with Gasteiger partial charge in [-0.05, 0) is 0 Å². The Morgan fingerprint density at radius 2 is 0.750 bits per heavy atom. The molecule has 0 aromatic rings. The van der Waals surface area contributed by atoms with Gasteiger partial charge in [-0.1, -0.05) is 0 Å². The molecule has 0 amide bonds. The molecular weight excluding hydrogens is 194 g/mol. The summed E-state index contributed by atoms with van der Waals surface area (Å²) in [6, 6.07) is 0. The van der Waals surface area contributed by atoms with Gasteiger partial charge in [0.25, 0.3) is 0 Å². The first-order valence-electron chi connectivity index (χ1n) is 0.816. The molecule has 0 aromatic heterocycles. The van der Waals surface area contributed by atoms with Gasteiger partial charge < -0.3 is 28.2 Å². The van der Waals surface area contributed by atoms with E-state index in [-0.39, 0.29) is 83.2 Å². The van der Waals surface area contributed by atoms with Crippen LogP contribution in [0.1, 0.15) is 0 Å². The fraction of sp³-hybridized carbons (Fsp3) is 0. The molecule has 0 unspecified atom stereocenters. The molecule has 0 N–H and O–H groups in total. The zero-order chi connectivity index (χ0) is 4.50. The van der Waals surface area contributed by atoms with Crippen molar-refractivity contribution < 1.29 is 56.9 Å². The van der Waals surface area contributed by atoms with Crippen LogP contribution in [-0.4, -0.2) is 54.5 Å². The van der Waals surface area contributed by atoms with Crippen molar-refractivity contribution in [3.8, 4) is 0 Å². The van der Waals surface area contributed by atoms with E-state index in [4.69, 9.17) is 19.2 Å². The topological polar surface area (TPSA) is 92.2 Å². The smallest absolute Gasteiger partial charge is 0.894 e. The van der Waals surface area contributed by atoms with Gasteiger partial charge in [-0.25, -0.2) is 0 Å². The Balaban J connectivity index is -0.0000000267. The molecule has 0 aliphatic rings. The Morgan fingerprint density at radius 1 is 0.750 bits per heavy atom. The summed E-state index contributed by atoms with van der Waals surface area (Å²) in [4.78, 5) is 34.3. The van der Waals surface area contributed by atoms with E-state index < -0.39 is 9.05 Å². The first kappa shape index (κ1) is 22.4. The predicted octanol–water partition coefficient (Wildman–Crippen LogP) is -11.5. The summed E-state index contributed by atoms with van der Waals surface area (Å²) in [6.07, 6.45) is 0. The molecule has 0 radical (unpaired) electrons. The second kappa shape index (κ2) is 9.73. The van der Waals surface area contributed by atoms with Crippen molar-refractivity contribution in [2.24, 2.45) is 0 Å². The molecule has 0 heterocycles. The molecule has 4 nitrogen and oxygen atoms in total. The summed E-state index contributed by atoms with van der Waals surface area (Å²) >= 11 is 0. The summed E-state index contributed by atoms with van der Waals surface area (Å²) in [5.74, 6) is 0. The molecule has 0 spiro atoms. The number of hydrogen-bond donors (Lipinski definition) is 0. The zero-order valence-corrected chi connectivity index (χ0v) is 9.32. The summed E-state index contributed by atoms with van der Waals surface area (Å²) in [5.41, 5.74) is 0. The maximum Gasteiger partial charge on any atom is 2.00 e. The average Bonchev–Trinajstić information content (AvgIpc) is 0.722. The number of rotatable bonds is 0. The molecule has 0 rings (SSSR count). The van der Waals surface area contributed by atoms with Crippen LogP contribution in [0.25, 0.3) is 0 Å². The normalized spacial score (nSPS) is 7.50. The van der Waals surface area contributed by atoms with Crippen LogP contribution in [0.5, 0.6) is 0 Å². The Morgan fingerprint density at radius 3 is 0.750 bits per heavy atom.